The Balaban J connectivity index is 2.28. The van der Waals surface area contributed by atoms with E-state index in [1.165, 1.54) is 0 Å². The summed E-state index contributed by atoms with van der Waals surface area (Å²) in [7, 11) is 1.56. The lowest BCUT2D eigenvalue weighted by Gasteiger charge is -2.17. The number of carbonyl (C=O) groups is 1. The van der Waals surface area contributed by atoms with E-state index in [4.69, 9.17) is 18.9 Å². The molecule has 0 bridgehead atoms. The highest BCUT2D eigenvalue weighted by Crippen LogP contribution is 2.25. The van der Waals surface area contributed by atoms with Crippen molar-refractivity contribution in [1.29, 1.82) is 0 Å². The first-order chi connectivity index (χ1) is 10.7. The number of ether oxygens (including phenoxy) is 4. The summed E-state index contributed by atoms with van der Waals surface area (Å²) in [5.41, 5.74) is 0. The number of benzene rings is 1. The summed E-state index contributed by atoms with van der Waals surface area (Å²) in [5, 5.41) is 5.24. The van der Waals surface area contributed by atoms with Gasteiger partial charge in [-0.3, -0.25) is 0 Å². The Morgan fingerprint density at radius 1 is 1.09 bits per heavy atom. The summed E-state index contributed by atoms with van der Waals surface area (Å²) in [6, 6.07) is 6.85. The monoisotopic (exact) mass is 312 g/mol. The SMILES string of the molecule is CCOC(CNC(=O)NCOc1ccccc1OC)OCC. The van der Waals surface area contributed by atoms with Crippen molar-refractivity contribution in [1.82, 2.24) is 10.6 Å². The zero-order valence-electron chi connectivity index (χ0n) is 13.3. The average Bonchev–Trinajstić information content (AvgIpc) is 2.53. The van der Waals surface area contributed by atoms with Gasteiger partial charge in [-0.25, -0.2) is 4.79 Å². The molecule has 124 valence electrons. The molecule has 7 nitrogen and oxygen atoms in total. The highest BCUT2D eigenvalue weighted by atomic mass is 16.7. The molecule has 1 aromatic rings. The molecule has 1 rings (SSSR count). The van der Waals surface area contributed by atoms with E-state index in [0.717, 1.165) is 0 Å². The van der Waals surface area contributed by atoms with Crippen LogP contribution >= 0.6 is 0 Å². The fourth-order valence-corrected chi connectivity index (χ4v) is 1.69. The summed E-state index contributed by atoms with van der Waals surface area (Å²) in [4.78, 5) is 11.7. The van der Waals surface area contributed by atoms with Gasteiger partial charge < -0.3 is 29.6 Å². The molecule has 0 fully saturated rings. The maximum Gasteiger partial charge on any atom is 0.317 e. The van der Waals surface area contributed by atoms with Crippen molar-refractivity contribution >= 4 is 6.03 Å². The van der Waals surface area contributed by atoms with E-state index in [-0.39, 0.29) is 19.3 Å². The molecule has 1 aromatic carbocycles. The number of urea groups is 1. The molecule has 0 radical (unpaired) electrons. The van der Waals surface area contributed by atoms with Gasteiger partial charge >= 0.3 is 6.03 Å². The van der Waals surface area contributed by atoms with Gasteiger partial charge in [-0.15, -0.1) is 0 Å². The molecule has 0 saturated heterocycles. The third kappa shape index (κ3) is 6.64. The van der Waals surface area contributed by atoms with Crippen molar-refractivity contribution in [2.75, 3.05) is 33.6 Å². The van der Waals surface area contributed by atoms with Crippen molar-refractivity contribution in [2.24, 2.45) is 0 Å². The van der Waals surface area contributed by atoms with E-state index in [1.54, 1.807) is 19.2 Å². The topological polar surface area (TPSA) is 78.1 Å². The summed E-state index contributed by atoms with van der Waals surface area (Å²) >= 11 is 0. The molecule has 0 heterocycles. The normalized spacial score (nSPS) is 10.4. The molecule has 7 heteroatoms. The molecule has 0 atom stereocenters. The van der Waals surface area contributed by atoms with Crippen LogP contribution < -0.4 is 20.1 Å². The third-order valence-corrected chi connectivity index (χ3v) is 2.66. The maximum atomic E-state index is 11.7. The van der Waals surface area contributed by atoms with Crippen LogP contribution in [0.2, 0.25) is 0 Å². The van der Waals surface area contributed by atoms with Gasteiger partial charge in [0.25, 0.3) is 0 Å². The Kier molecular flexibility index (Phi) is 8.78. The second-order valence-corrected chi connectivity index (χ2v) is 4.17. The van der Waals surface area contributed by atoms with Gasteiger partial charge in [0, 0.05) is 13.2 Å². The zero-order valence-corrected chi connectivity index (χ0v) is 13.3. The van der Waals surface area contributed by atoms with Crippen LogP contribution in [0.15, 0.2) is 24.3 Å². The van der Waals surface area contributed by atoms with Crippen molar-refractivity contribution in [2.45, 2.75) is 20.1 Å². The largest absolute Gasteiger partial charge is 0.493 e. The minimum absolute atomic E-state index is 0.0279. The van der Waals surface area contributed by atoms with Gasteiger partial charge in [0.15, 0.2) is 24.5 Å². The van der Waals surface area contributed by atoms with Crippen LogP contribution in [0.4, 0.5) is 4.79 Å². The van der Waals surface area contributed by atoms with Gasteiger partial charge in [-0.1, -0.05) is 12.1 Å². The van der Waals surface area contributed by atoms with Crippen molar-refractivity contribution in [3.8, 4) is 11.5 Å². The first kappa shape index (κ1) is 18.1. The Labute approximate surface area is 130 Å². The summed E-state index contributed by atoms with van der Waals surface area (Å²) in [6.45, 7) is 5.07. The highest BCUT2D eigenvalue weighted by Gasteiger charge is 2.10. The van der Waals surface area contributed by atoms with E-state index in [0.29, 0.717) is 24.7 Å². The van der Waals surface area contributed by atoms with E-state index in [2.05, 4.69) is 10.6 Å². The molecule has 0 aliphatic rings. The van der Waals surface area contributed by atoms with Gasteiger partial charge in [0.2, 0.25) is 0 Å². The lowest BCUT2D eigenvalue weighted by molar-refractivity contribution is -0.131. The molecule has 0 spiro atoms. The molecular weight excluding hydrogens is 288 g/mol. The van der Waals surface area contributed by atoms with Gasteiger partial charge in [0.05, 0.1) is 13.7 Å². The number of nitrogens with one attached hydrogen (secondary N) is 2. The van der Waals surface area contributed by atoms with E-state index in [1.807, 2.05) is 26.0 Å². The van der Waals surface area contributed by atoms with Crippen LogP contribution in [0, 0.1) is 0 Å². The minimum atomic E-state index is -0.448. The minimum Gasteiger partial charge on any atom is -0.493 e. The van der Waals surface area contributed by atoms with Crippen molar-refractivity contribution in [3.63, 3.8) is 0 Å². The fourth-order valence-electron chi connectivity index (χ4n) is 1.69. The maximum absolute atomic E-state index is 11.7. The second-order valence-electron chi connectivity index (χ2n) is 4.17. The Morgan fingerprint density at radius 2 is 1.73 bits per heavy atom. The molecular formula is C15H24N2O5. The van der Waals surface area contributed by atoms with E-state index >= 15 is 0 Å². The molecule has 2 amide bonds. The molecule has 22 heavy (non-hydrogen) atoms. The molecule has 2 N–H and O–H groups in total. The van der Waals surface area contributed by atoms with Crippen LogP contribution in [0.5, 0.6) is 11.5 Å². The number of carbonyl (C=O) groups excluding carboxylic acids is 1. The first-order valence-corrected chi connectivity index (χ1v) is 7.21. The predicted molar refractivity (Wildman–Crippen MR) is 82.1 cm³/mol. The van der Waals surface area contributed by atoms with Crippen molar-refractivity contribution < 1.29 is 23.7 Å². The summed E-state index contributed by atoms with van der Waals surface area (Å²) in [5.74, 6) is 1.17. The van der Waals surface area contributed by atoms with Crippen LogP contribution in [0.1, 0.15) is 13.8 Å². The van der Waals surface area contributed by atoms with Crippen LogP contribution in [0.25, 0.3) is 0 Å². The van der Waals surface area contributed by atoms with Gasteiger partial charge in [-0.2, -0.15) is 0 Å². The van der Waals surface area contributed by atoms with E-state index < -0.39 is 6.29 Å². The van der Waals surface area contributed by atoms with E-state index in [9.17, 15) is 4.79 Å². The lowest BCUT2D eigenvalue weighted by atomic mass is 10.3. The number of para-hydroxylation sites is 2. The lowest BCUT2D eigenvalue weighted by Crippen LogP contribution is -2.42. The number of hydrogen-bond donors (Lipinski definition) is 2. The number of methoxy groups -OCH3 is 1. The Hall–Kier alpha value is -1.99. The first-order valence-electron chi connectivity index (χ1n) is 7.21. The molecule has 0 aliphatic heterocycles. The van der Waals surface area contributed by atoms with Gasteiger partial charge in [-0.05, 0) is 26.0 Å². The number of rotatable bonds is 10. The number of hydrogen-bond acceptors (Lipinski definition) is 5. The second kappa shape index (κ2) is 10.7. The molecule has 0 saturated carbocycles. The van der Waals surface area contributed by atoms with Crippen LogP contribution in [-0.2, 0) is 9.47 Å². The molecule has 0 aromatic heterocycles. The third-order valence-electron chi connectivity index (χ3n) is 2.66. The fraction of sp³-hybridized carbons (Fsp3) is 0.533. The molecule has 0 aliphatic carbocycles. The quantitative estimate of drug-likeness (QED) is 0.643. The standard InChI is InChI=1S/C15H24N2O5/c1-4-20-14(21-5-2)10-16-15(18)17-11-22-13-9-7-6-8-12(13)19-3/h6-9,14H,4-5,10-11H2,1-3H3,(H2,16,17,18). The molecule has 0 unspecified atom stereocenters. The van der Waals surface area contributed by atoms with Crippen LogP contribution in [-0.4, -0.2) is 45.9 Å². The predicted octanol–water partition coefficient (Wildman–Crippen LogP) is 1.73. The highest BCUT2D eigenvalue weighted by molar-refractivity contribution is 5.73. The van der Waals surface area contributed by atoms with Crippen molar-refractivity contribution in [3.05, 3.63) is 24.3 Å². The zero-order chi connectivity index (χ0) is 16.2. The smallest absolute Gasteiger partial charge is 0.317 e. The Morgan fingerprint density at radius 3 is 2.32 bits per heavy atom. The average molecular weight is 312 g/mol. The number of amides is 2. The summed E-state index contributed by atoms with van der Waals surface area (Å²) in [6.07, 6.45) is -0.448. The Bertz CT molecular complexity index is 436. The van der Waals surface area contributed by atoms with Gasteiger partial charge in [0.1, 0.15) is 0 Å². The van der Waals surface area contributed by atoms with Crippen LogP contribution in [0.3, 0.4) is 0 Å². The summed E-state index contributed by atoms with van der Waals surface area (Å²) < 4.78 is 21.2.